The monoisotopic (exact) mass is 432 g/mol. The van der Waals surface area contributed by atoms with E-state index >= 15 is 0 Å². The van der Waals surface area contributed by atoms with Gasteiger partial charge in [-0.2, -0.15) is 0 Å². The van der Waals surface area contributed by atoms with E-state index in [-0.39, 0.29) is 35.0 Å². The second-order valence-corrected chi connectivity index (χ2v) is 8.81. The first-order chi connectivity index (χ1) is 13.2. The quantitative estimate of drug-likeness (QED) is 0.611. The summed E-state index contributed by atoms with van der Waals surface area (Å²) in [6.07, 6.45) is 2.03. The number of piperidine rings is 1. The van der Waals surface area contributed by atoms with E-state index in [0.29, 0.717) is 38.3 Å². The van der Waals surface area contributed by atoms with E-state index in [0.717, 1.165) is 10.6 Å². The number of rotatable bonds is 7. The summed E-state index contributed by atoms with van der Waals surface area (Å²) >= 11 is 6.09. The Morgan fingerprint density at radius 1 is 1.29 bits per heavy atom. The Balaban J connectivity index is 2.09. The summed E-state index contributed by atoms with van der Waals surface area (Å²) < 4.78 is 35.6. The largest absolute Gasteiger partial charge is 0.495 e. The number of benzene rings is 1. The Morgan fingerprint density at radius 2 is 1.93 bits per heavy atom. The van der Waals surface area contributed by atoms with E-state index in [2.05, 4.69) is 0 Å². The predicted octanol–water partition coefficient (Wildman–Crippen LogP) is 1.92. The third-order valence-electron chi connectivity index (χ3n) is 4.57. The van der Waals surface area contributed by atoms with Crippen molar-refractivity contribution >= 4 is 39.2 Å². The molecular weight excluding hydrogens is 408 g/mol. The number of anilines is 1. The van der Waals surface area contributed by atoms with Crippen molar-refractivity contribution in [2.75, 3.05) is 43.9 Å². The summed E-state index contributed by atoms with van der Waals surface area (Å²) in [4.78, 5) is 26.1. The molecule has 1 aliphatic heterocycles. The number of esters is 1. The van der Waals surface area contributed by atoms with Crippen LogP contribution in [-0.4, -0.2) is 64.8 Å². The summed E-state index contributed by atoms with van der Waals surface area (Å²) in [6, 6.07) is 4.53. The van der Waals surface area contributed by atoms with E-state index in [1.807, 2.05) is 0 Å². The average Bonchev–Trinajstić information content (AvgIpc) is 2.65. The standard InChI is InChI=1S/C18H25ClN2O6S/c1-4-27-18(23)13-7-9-20(10-8-13)17(22)12-21(28(3,24)25)14-5-6-16(26-2)15(19)11-14/h5-6,11,13H,4,7-10,12H2,1-3H3. The lowest BCUT2D eigenvalue weighted by Gasteiger charge is -2.32. The first-order valence-corrected chi connectivity index (χ1v) is 11.2. The summed E-state index contributed by atoms with van der Waals surface area (Å²) in [5.74, 6) is -0.401. The highest BCUT2D eigenvalue weighted by atomic mass is 35.5. The van der Waals surface area contributed by atoms with Crippen LogP contribution in [0.2, 0.25) is 5.02 Å². The highest BCUT2D eigenvalue weighted by Gasteiger charge is 2.30. The molecule has 156 valence electrons. The number of carbonyl (C=O) groups excluding carboxylic acids is 2. The summed E-state index contributed by atoms with van der Waals surface area (Å²) in [7, 11) is -2.25. The van der Waals surface area contributed by atoms with Crippen molar-refractivity contribution in [3.8, 4) is 5.75 Å². The van der Waals surface area contributed by atoms with Crippen LogP contribution in [0.5, 0.6) is 5.75 Å². The molecule has 0 radical (unpaired) electrons. The second-order valence-electron chi connectivity index (χ2n) is 6.50. The van der Waals surface area contributed by atoms with Gasteiger partial charge in [0.2, 0.25) is 15.9 Å². The fourth-order valence-electron chi connectivity index (χ4n) is 3.06. The number of hydrogen-bond donors (Lipinski definition) is 0. The van der Waals surface area contributed by atoms with Crippen molar-refractivity contribution in [1.82, 2.24) is 4.90 Å². The fraction of sp³-hybridized carbons (Fsp3) is 0.556. The van der Waals surface area contributed by atoms with Gasteiger partial charge < -0.3 is 14.4 Å². The number of likely N-dealkylation sites (tertiary alicyclic amines) is 1. The van der Waals surface area contributed by atoms with Gasteiger partial charge in [-0.15, -0.1) is 0 Å². The molecule has 0 atom stereocenters. The molecule has 0 saturated carbocycles. The smallest absolute Gasteiger partial charge is 0.309 e. The molecule has 0 bridgehead atoms. The highest BCUT2D eigenvalue weighted by molar-refractivity contribution is 7.92. The molecule has 0 N–H and O–H groups in total. The topological polar surface area (TPSA) is 93.2 Å². The van der Waals surface area contributed by atoms with E-state index in [4.69, 9.17) is 21.1 Å². The average molecular weight is 433 g/mol. The Labute approximate surface area is 170 Å². The van der Waals surface area contributed by atoms with E-state index in [1.54, 1.807) is 17.9 Å². The maximum atomic E-state index is 12.7. The van der Waals surface area contributed by atoms with E-state index in [1.165, 1.54) is 19.2 Å². The maximum absolute atomic E-state index is 12.7. The molecule has 0 unspecified atom stereocenters. The van der Waals surface area contributed by atoms with Gasteiger partial charge in [-0.3, -0.25) is 13.9 Å². The molecule has 1 aliphatic rings. The lowest BCUT2D eigenvalue weighted by molar-refractivity contribution is -0.151. The van der Waals surface area contributed by atoms with Gasteiger partial charge in [-0.05, 0) is 38.0 Å². The molecule has 1 fully saturated rings. The summed E-state index contributed by atoms with van der Waals surface area (Å²) in [6.45, 7) is 2.49. The molecule has 1 amide bonds. The van der Waals surface area contributed by atoms with Crippen LogP contribution < -0.4 is 9.04 Å². The third-order valence-corrected chi connectivity index (χ3v) is 6.01. The van der Waals surface area contributed by atoms with Gasteiger partial charge >= 0.3 is 5.97 Å². The first kappa shape index (κ1) is 22.3. The van der Waals surface area contributed by atoms with Crippen LogP contribution in [-0.2, 0) is 24.3 Å². The number of sulfonamides is 1. The normalized spacial score (nSPS) is 15.2. The van der Waals surface area contributed by atoms with Crippen LogP contribution in [0, 0.1) is 5.92 Å². The van der Waals surface area contributed by atoms with Gasteiger partial charge in [-0.25, -0.2) is 8.42 Å². The van der Waals surface area contributed by atoms with Gasteiger partial charge in [0.15, 0.2) is 0 Å². The molecule has 10 heteroatoms. The lowest BCUT2D eigenvalue weighted by atomic mass is 9.97. The summed E-state index contributed by atoms with van der Waals surface area (Å²) in [5, 5.41) is 0.247. The molecule has 0 aromatic heterocycles. The van der Waals surface area contributed by atoms with Crippen molar-refractivity contribution in [3.63, 3.8) is 0 Å². The van der Waals surface area contributed by atoms with Gasteiger partial charge in [0.05, 0.1) is 36.6 Å². The molecule has 1 aromatic carbocycles. The van der Waals surface area contributed by atoms with Crippen molar-refractivity contribution in [1.29, 1.82) is 0 Å². The van der Waals surface area contributed by atoms with Crippen molar-refractivity contribution < 1.29 is 27.5 Å². The third kappa shape index (κ3) is 5.51. The minimum absolute atomic E-state index is 0.226. The molecule has 28 heavy (non-hydrogen) atoms. The number of ether oxygens (including phenoxy) is 2. The molecular formula is C18H25ClN2O6S. The van der Waals surface area contributed by atoms with Crippen LogP contribution in [0.1, 0.15) is 19.8 Å². The molecule has 1 aromatic rings. The molecule has 2 rings (SSSR count). The summed E-state index contributed by atoms with van der Waals surface area (Å²) in [5.41, 5.74) is 0.281. The first-order valence-electron chi connectivity index (χ1n) is 8.93. The second kappa shape index (κ2) is 9.47. The van der Waals surface area contributed by atoms with Crippen molar-refractivity contribution in [2.45, 2.75) is 19.8 Å². The van der Waals surface area contributed by atoms with E-state index < -0.39 is 10.0 Å². The van der Waals surface area contributed by atoms with Crippen LogP contribution in [0.15, 0.2) is 18.2 Å². The zero-order chi connectivity index (χ0) is 20.9. The number of halogens is 1. The SMILES string of the molecule is CCOC(=O)C1CCN(C(=O)CN(c2ccc(OC)c(Cl)c2)S(C)(=O)=O)CC1. The van der Waals surface area contributed by atoms with E-state index in [9.17, 15) is 18.0 Å². The van der Waals surface area contributed by atoms with Gasteiger partial charge in [0.1, 0.15) is 12.3 Å². The molecule has 0 aliphatic carbocycles. The Kier molecular flexibility index (Phi) is 7.54. The van der Waals surface area contributed by atoms with Crippen LogP contribution in [0.25, 0.3) is 0 Å². The lowest BCUT2D eigenvalue weighted by Crippen LogP contribution is -2.46. The highest BCUT2D eigenvalue weighted by Crippen LogP contribution is 2.30. The molecule has 8 nitrogen and oxygen atoms in total. The van der Waals surface area contributed by atoms with Crippen molar-refractivity contribution in [3.05, 3.63) is 23.2 Å². The Bertz CT molecular complexity index is 821. The number of hydrogen-bond acceptors (Lipinski definition) is 6. The van der Waals surface area contributed by atoms with Crippen LogP contribution in [0.3, 0.4) is 0 Å². The minimum Gasteiger partial charge on any atom is -0.495 e. The maximum Gasteiger partial charge on any atom is 0.309 e. The molecule has 1 saturated heterocycles. The zero-order valence-corrected chi connectivity index (χ0v) is 17.8. The minimum atomic E-state index is -3.71. The Morgan fingerprint density at radius 3 is 2.43 bits per heavy atom. The number of methoxy groups -OCH3 is 1. The molecule has 0 spiro atoms. The van der Waals surface area contributed by atoms with Crippen LogP contribution >= 0.6 is 11.6 Å². The molecule has 1 heterocycles. The van der Waals surface area contributed by atoms with Gasteiger partial charge in [-0.1, -0.05) is 11.6 Å². The fourth-order valence-corrected chi connectivity index (χ4v) is 4.15. The zero-order valence-electron chi connectivity index (χ0n) is 16.2. The predicted molar refractivity (Wildman–Crippen MR) is 106 cm³/mol. The van der Waals surface area contributed by atoms with Gasteiger partial charge in [0, 0.05) is 13.1 Å². The van der Waals surface area contributed by atoms with Gasteiger partial charge in [0.25, 0.3) is 0 Å². The van der Waals surface area contributed by atoms with Crippen LogP contribution in [0.4, 0.5) is 5.69 Å². The Hall–Kier alpha value is -2.00. The van der Waals surface area contributed by atoms with Crippen molar-refractivity contribution in [2.24, 2.45) is 5.92 Å². The number of amides is 1. The number of carbonyl (C=O) groups is 2. The number of nitrogens with zero attached hydrogens (tertiary/aromatic N) is 2.